The number of fused-ring (bicyclic) bond motifs is 1. The average molecular weight is 426 g/mol. The summed E-state index contributed by atoms with van der Waals surface area (Å²) < 4.78 is 25.0. The quantitative estimate of drug-likeness (QED) is 0.375. The van der Waals surface area contributed by atoms with E-state index in [1.54, 1.807) is 30.8 Å². The molecule has 158 valence electrons. The van der Waals surface area contributed by atoms with Crippen molar-refractivity contribution >= 4 is 16.7 Å². The zero-order valence-electron chi connectivity index (χ0n) is 17.2. The van der Waals surface area contributed by atoms with Crippen LogP contribution in [0.15, 0.2) is 83.7 Å². The van der Waals surface area contributed by atoms with Crippen LogP contribution in [0.25, 0.3) is 33.4 Å². The smallest absolute Gasteiger partial charge is 0.163 e. The van der Waals surface area contributed by atoms with Gasteiger partial charge in [-0.1, -0.05) is 12.1 Å². The second kappa shape index (κ2) is 8.47. The summed E-state index contributed by atoms with van der Waals surface area (Å²) in [6.45, 7) is 0.246. The van der Waals surface area contributed by atoms with Crippen molar-refractivity contribution in [1.29, 1.82) is 0 Å². The van der Waals surface area contributed by atoms with E-state index in [9.17, 15) is 4.39 Å². The second-order valence-electron chi connectivity index (χ2n) is 7.13. The Bertz CT molecular complexity index is 1350. The maximum Gasteiger partial charge on any atom is 0.163 e. The van der Waals surface area contributed by atoms with Crippen LogP contribution < -0.4 is 10.1 Å². The fourth-order valence-corrected chi connectivity index (χ4v) is 3.48. The van der Waals surface area contributed by atoms with Gasteiger partial charge in [-0.15, -0.1) is 0 Å². The summed E-state index contributed by atoms with van der Waals surface area (Å²) in [5, 5.41) is 3.95. The van der Waals surface area contributed by atoms with Crippen LogP contribution in [0.2, 0.25) is 0 Å². The van der Waals surface area contributed by atoms with Gasteiger partial charge < -0.3 is 14.5 Å². The lowest BCUT2D eigenvalue weighted by molar-refractivity contribution is 0.273. The highest BCUT2D eigenvalue weighted by Crippen LogP contribution is 2.36. The fraction of sp³-hybridized carbons (Fsp3) is 0.0800. The van der Waals surface area contributed by atoms with Crippen molar-refractivity contribution in [2.75, 3.05) is 12.4 Å². The molecule has 0 bridgehead atoms. The molecular formula is C25H19FN4O2. The van der Waals surface area contributed by atoms with Gasteiger partial charge in [-0.25, -0.2) is 14.4 Å². The molecule has 3 aromatic heterocycles. The summed E-state index contributed by atoms with van der Waals surface area (Å²) in [5.41, 5.74) is 3.17. The number of hydrogen-bond acceptors (Lipinski definition) is 6. The van der Waals surface area contributed by atoms with Crippen molar-refractivity contribution in [1.82, 2.24) is 15.0 Å². The number of benzene rings is 2. The van der Waals surface area contributed by atoms with Crippen LogP contribution in [-0.2, 0) is 6.61 Å². The van der Waals surface area contributed by atoms with Gasteiger partial charge >= 0.3 is 0 Å². The topological polar surface area (TPSA) is 73.1 Å². The third kappa shape index (κ3) is 3.88. The zero-order chi connectivity index (χ0) is 21.9. The lowest BCUT2D eigenvalue weighted by atomic mass is 10.0. The molecule has 2 aromatic carbocycles. The van der Waals surface area contributed by atoms with Crippen molar-refractivity contribution in [2.45, 2.75) is 6.61 Å². The van der Waals surface area contributed by atoms with Gasteiger partial charge in [0.15, 0.2) is 5.82 Å². The van der Waals surface area contributed by atoms with Crippen molar-refractivity contribution < 1.29 is 13.5 Å². The molecule has 5 rings (SSSR count). The Labute approximate surface area is 183 Å². The van der Waals surface area contributed by atoms with Crippen molar-refractivity contribution in [2.24, 2.45) is 0 Å². The first kappa shape index (κ1) is 19.7. The molecule has 0 aliphatic carbocycles. The number of nitrogens with one attached hydrogen (secondary N) is 1. The molecule has 0 atom stereocenters. The van der Waals surface area contributed by atoms with Crippen LogP contribution in [0.5, 0.6) is 5.75 Å². The van der Waals surface area contributed by atoms with Crippen LogP contribution in [0.3, 0.4) is 0 Å². The normalized spacial score (nSPS) is 10.9. The van der Waals surface area contributed by atoms with Gasteiger partial charge in [0.1, 0.15) is 35.3 Å². The Morgan fingerprint density at radius 1 is 0.969 bits per heavy atom. The van der Waals surface area contributed by atoms with Crippen LogP contribution >= 0.6 is 0 Å². The van der Waals surface area contributed by atoms with Gasteiger partial charge in [0.05, 0.1) is 6.26 Å². The maximum atomic E-state index is 13.5. The summed E-state index contributed by atoms with van der Waals surface area (Å²) in [4.78, 5) is 13.7. The molecule has 7 heteroatoms. The van der Waals surface area contributed by atoms with E-state index in [2.05, 4.69) is 10.3 Å². The monoisotopic (exact) mass is 426 g/mol. The number of halogens is 1. The number of furan rings is 1. The van der Waals surface area contributed by atoms with E-state index in [1.807, 2.05) is 43.4 Å². The van der Waals surface area contributed by atoms with Crippen molar-refractivity contribution in [3.8, 4) is 28.3 Å². The molecule has 0 unspecified atom stereocenters. The lowest BCUT2D eigenvalue weighted by Gasteiger charge is -2.14. The van der Waals surface area contributed by atoms with Crippen LogP contribution in [-0.4, -0.2) is 22.0 Å². The van der Waals surface area contributed by atoms with Gasteiger partial charge in [-0.05, 0) is 59.7 Å². The average Bonchev–Trinajstić information content (AvgIpc) is 3.36. The molecule has 0 aliphatic heterocycles. The molecule has 0 spiro atoms. The molecule has 3 heterocycles. The number of nitrogens with zero attached hydrogens (tertiary/aromatic N) is 3. The summed E-state index contributed by atoms with van der Waals surface area (Å²) in [6.07, 6.45) is 5.03. The summed E-state index contributed by atoms with van der Waals surface area (Å²) >= 11 is 0. The first-order valence-electron chi connectivity index (χ1n) is 10.1. The number of anilines is 1. The van der Waals surface area contributed by atoms with Gasteiger partial charge in [-0.3, -0.25) is 4.98 Å². The second-order valence-corrected chi connectivity index (χ2v) is 7.13. The largest absolute Gasteiger partial charge is 0.483 e. The van der Waals surface area contributed by atoms with Gasteiger partial charge in [0.25, 0.3) is 0 Å². The molecule has 0 fully saturated rings. The predicted molar refractivity (Wildman–Crippen MR) is 121 cm³/mol. The maximum absolute atomic E-state index is 13.5. The molecule has 5 aromatic rings. The number of hydrogen-bond donors (Lipinski definition) is 1. The van der Waals surface area contributed by atoms with Crippen LogP contribution in [0.1, 0.15) is 5.76 Å². The van der Waals surface area contributed by atoms with Crippen LogP contribution in [0, 0.1) is 5.82 Å². The molecule has 0 saturated heterocycles. The molecule has 6 nitrogen and oxygen atoms in total. The molecule has 0 saturated carbocycles. The Balaban J connectivity index is 1.69. The van der Waals surface area contributed by atoms with E-state index in [0.29, 0.717) is 28.7 Å². The van der Waals surface area contributed by atoms with E-state index in [0.717, 1.165) is 22.1 Å². The minimum absolute atomic E-state index is 0.246. The minimum atomic E-state index is -0.288. The highest BCUT2D eigenvalue weighted by atomic mass is 19.1. The Morgan fingerprint density at radius 2 is 1.84 bits per heavy atom. The third-order valence-electron chi connectivity index (χ3n) is 5.05. The zero-order valence-corrected chi connectivity index (χ0v) is 17.2. The molecule has 32 heavy (non-hydrogen) atoms. The van der Waals surface area contributed by atoms with E-state index in [-0.39, 0.29) is 12.4 Å². The summed E-state index contributed by atoms with van der Waals surface area (Å²) in [5.74, 6) is 2.17. The van der Waals surface area contributed by atoms with E-state index >= 15 is 0 Å². The summed E-state index contributed by atoms with van der Waals surface area (Å²) in [7, 11) is 1.81. The standard InChI is InChI=1S/C25H19FN4O2/c1-27-25-21-12-18(16-6-8-19(26)9-7-16)13-22(32-15-20-5-3-11-31-20)23(21)29-24(30-25)17-4-2-10-28-14-17/h2-14H,15H2,1H3,(H,27,29,30). The third-order valence-corrected chi connectivity index (χ3v) is 5.05. The SMILES string of the molecule is CNc1nc(-c2cccnc2)nc2c(OCc3ccco3)cc(-c3ccc(F)cc3)cc12. The fourth-order valence-electron chi connectivity index (χ4n) is 3.48. The van der Waals surface area contributed by atoms with E-state index < -0.39 is 0 Å². The molecule has 0 amide bonds. The number of aromatic nitrogens is 3. The number of ether oxygens (including phenoxy) is 1. The van der Waals surface area contributed by atoms with Crippen LogP contribution in [0.4, 0.5) is 10.2 Å². The first-order valence-corrected chi connectivity index (χ1v) is 10.1. The number of pyridine rings is 1. The van der Waals surface area contributed by atoms with Gasteiger partial charge in [0, 0.05) is 30.4 Å². The Kier molecular flexibility index (Phi) is 5.21. The van der Waals surface area contributed by atoms with Gasteiger partial charge in [0.2, 0.25) is 0 Å². The Hall–Kier alpha value is -4.26. The van der Waals surface area contributed by atoms with E-state index in [4.69, 9.17) is 19.1 Å². The molecule has 0 aliphatic rings. The van der Waals surface area contributed by atoms with Crippen molar-refractivity contribution in [3.05, 3.63) is 90.9 Å². The summed E-state index contributed by atoms with van der Waals surface area (Å²) in [6, 6.07) is 17.6. The highest BCUT2D eigenvalue weighted by molar-refractivity contribution is 5.97. The number of rotatable bonds is 6. The van der Waals surface area contributed by atoms with E-state index in [1.165, 1.54) is 12.1 Å². The molecular weight excluding hydrogens is 407 g/mol. The Morgan fingerprint density at radius 3 is 2.56 bits per heavy atom. The first-order chi connectivity index (χ1) is 15.7. The highest BCUT2D eigenvalue weighted by Gasteiger charge is 2.16. The van der Waals surface area contributed by atoms with Gasteiger partial charge in [-0.2, -0.15) is 0 Å². The lowest BCUT2D eigenvalue weighted by Crippen LogP contribution is -2.02. The molecule has 0 radical (unpaired) electrons. The predicted octanol–water partition coefficient (Wildman–Crippen LogP) is 5.71. The molecule has 1 N–H and O–H groups in total. The minimum Gasteiger partial charge on any atom is -0.483 e. The van der Waals surface area contributed by atoms with Crippen molar-refractivity contribution in [3.63, 3.8) is 0 Å².